The van der Waals surface area contributed by atoms with E-state index in [1.807, 2.05) is 78.9 Å². The molecule has 0 bridgehead atoms. The summed E-state index contributed by atoms with van der Waals surface area (Å²) in [5, 5.41) is 0.664. The Bertz CT molecular complexity index is 1740. The van der Waals surface area contributed by atoms with Gasteiger partial charge in [-0.25, -0.2) is 9.79 Å². The summed E-state index contributed by atoms with van der Waals surface area (Å²) in [6.07, 6.45) is 1.81. The van der Waals surface area contributed by atoms with E-state index in [2.05, 4.69) is 20.9 Å². The molecule has 9 heteroatoms. The highest BCUT2D eigenvalue weighted by Gasteiger charge is 2.33. The number of thiazole rings is 1. The minimum Gasteiger partial charge on any atom is -0.488 e. The second kappa shape index (κ2) is 11.7. The van der Waals surface area contributed by atoms with Gasteiger partial charge in [-0.2, -0.15) is 0 Å². The SMILES string of the molecule is CCOC(=O)C1=C(C)N=c2s/c(=C\c3ccccc3OCc3ccc(Cl)cc3)c(=O)n2[C@@H]1c1ccc(Br)cc1. The van der Waals surface area contributed by atoms with Crippen molar-refractivity contribution in [1.29, 1.82) is 0 Å². The number of nitrogens with zero attached hydrogens (tertiary/aromatic N) is 2. The number of carbonyl (C=O) groups excluding carboxylic acids is 1. The number of hydrogen-bond acceptors (Lipinski definition) is 6. The summed E-state index contributed by atoms with van der Waals surface area (Å²) in [6, 6.07) is 21.9. The number of fused-ring (bicyclic) bond motifs is 1. The number of carbonyl (C=O) groups is 1. The quantitative estimate of drug-likeness (QED) is 0.244. The van der Waals surface area contributed by atoms with Crippen molar-refractivity contribution in [2.24, 2.45) is 4.99 Å². The Hall–Kier alpha value is -3.46. The average molecular weight is 624 g/mol. The zero-order valence-electron chi connectivity index (χ0n) is 21.2. The third-order valence-electron chi connectivity index (χ3n) is 6.22. The van der Waals surface area contributed by atoms with Crippen LogP contribution in [0.15, 0.2) is 98.3 Å². The number of esters is 1. The summed E-state index contributed by atoms with van der Waals surface area (Å²) in [7, 11) is 0. The first-order valence-electron chi connectivity index (χ1n) is 12.3. The number of para-hydroxylation sites is 1. The van der Waals surface area contributed by atoms with Gasteiger partial charge in [-0.05, 0) is 61.4 Å². The molecule has 2 heterocycles. The molecule has 1 aliphatic rings. The highest BCUT2D eigenvalue weighted by atomic mass is 79.9. The standard InChI is InChI=1S/C30H24BrClN2O4S/c1-3-37-29(36)26-18(2)33-30-34(27(26)20-10-12-22(31)13-11-20)28(35)25(39-30)16-21-6-4-5-7-24(21)38-17-19-8-14-23(32)15-9-19/h4-16,27H,3,17H2,1-2H3/b25-16-/t27-/m1/s1. The molecule has 1 aromatic heterocycles. The third-order valence-corrected chi connectivity index (χ3v) is 7.98. The van der Waals surface area contributed by atoms with Crippen LogP contribution in [-0.4, -0.2) is 17.1 Å². The zero-order valence-corrected chi connectivity index (χ0v) is 24.3. The highest BCUT2D eigenvalue weighted by molar-refractivity contribution is 9.10. The predicted octanol–water partition coefficient (Wildman–Crippen LogP) is 5.79. The lowest BCUT2D eigenvalue weighted by atomic mass is 9.96. The van der Waals surface area contributed by atoms with Crippen LogP contribution in [0.5, 0.6) is 5.75 Å². The van der Waals surface area contributed by atoms with Crippen LogP contribution in [0, 0.1) is 0 Å². The second-order valence-corrected chi connectivity index (χ2v) is 11.2. The maximum absolute atomic E-state index is 13.9. The summed E-state index contributed by atoms with van der Waals surface area (Å²) < 4.78 is 14.4. The van der Waals surface area contributed by atoms with Gasteiger partial charge in [0.05, 0.1) is 28.5 Å². The van der Waals surface area contributed by atoms with Crippen molar-refractivity contribution in [3.8, 4) is 5.75 Å². The summed E-state index contributed by atoms with van der Waals surface area (Å²) in [5.74, 6) is 0.160. The van der Waals surface area contributed by atoms with E-state index in [4.69, 9.17) is 21.1 Å². The molecule has 3 aromatic carbocycles. The van der Waals surface area contributed by atoms with Gasteiger partial charge in [0.15, 0.2) is 4.80 Å². The van der Waals surface area contributed by atoms with Crippen LogP contribution in [0.1, 0.15) is 36.6 Å². The molecule has 39 heavy (non-hydrogen) atoms. The molecule has 0 saturated carbocycles. The highest BCUT2D eigenvalue weighted by Crippen LogP contribution is 2.31. The molecule has 1 atom stereocenters. The molecule has 6 nitrogen and oxygen atoms in total. The van der Waals surface area contributed by atoms with Crippen molar-refractivity contribution in [2.45, 2.75) is 26.5 Å². The van der Waals surface area contributed by atoms with Crippen molar-refractivity contribution < 1.29 is 14.3 Å². The van der Waals surface area contributed by atoms with Gasteiger partial charge in [-0.1, -0.05) is 81.3 Å². The summed E-state index contributed by atoms with van der Waals surface area (Å²) >= 11 is 10.7. The molecule has 1 aliphatic heterocycles. The fraction of sp³-hybridized carbons (Fsp3) is 0.167. The Labute approximate surface area is 242 Å². The van der Waals surface area contributed by atoms with Crippen LogP contribution in [-0.2, 0) is 16.1 Å². The fourth-order valence-corrected chi connectivity index (χ4v) is 5.79. The van der Waals surface area contributed by atoms with E-state index in [1.165, 1.54) is 11.3 Å². The van der Waals surface area contributed by atoms with Gasteiger partial charge in [0.25, 0.3) is 5.56 Å². The number of aromatic nitrogens is 1. The molecular weight excluding hydrogens is 600 g/mol. The lowest BCUT2D eigenvalue weighted by molar-refractivity contribution is -0.139. The van der Waals surface area contributed by atoms with E-state index < -0.39 is 12.0 Å². The molecule has 0 amide bonds. The van der Waals surface area contributed by atoms with Crippen LogP contribution in [0.2, 0.25) is 5.02 Å². The molecule has 0 fully saturated rings. The van der Waals surface area contributed by atoms with Gasteiger partial charge in [0, 0.05) is 15.1 Å². The van der Waals surface area contributed by atoms with Gasteiger partial charge in [0.1, 0.15) is 12.4 Å². The van der Waals surface area contributed by atoms with Crippen molar-refractivity contribution in [3.63, 3.8) is 0 Å². The van der Waals surface area contributed by atoms with E-state index in [0.717, 1.165) is 21.2 Å². The van der Waals surface area contributed by atoms with Gasteiger partial charge in [0.2, 0.25) is 0 Å². The van der Waals surface area contributed by atoms with Crippen LogP contribution in [0.25, 0.3) is 6.08 Å². The molecule has 0 radical (unpaired) electrons. The van der Waals surface area contributed by atoms with Gasteiger partial charge >= 0.3 is 5.97 Å². The minimum absolute atomic E-state index is 0.222. The van der Waals surface area contributed by atoms with E-state index in [1.54, 1.807) is 18.4 Å². The van der Waals surface area contributed by atoms with Crippen molar-refractivity contribution >= 4 is 50.9 Å². The van der Waals surface area contributed by atoms with Crippen LogP contribution in [0.3, 0.4) is 0 Å². The molecule has 0 unspecified atom stereocenters. The van der Waals surface area contributed by atoms with E-state index >= 15 is 0 Å². The van der Waals surface area contributed by atoms with Crippen molar-refractivity contribution in [1.82, 2.24) is 4.57 Å². The van der Waals surface area contributed by atoms with Crippen LogP contribution < -0.4 is 19.6 Å². The normalized spacial score (nSPS) is 15.1. The molecule has 5 rings (SSSR count). The Morgan fingerprint density at radius 3 is 2.54 bits per heavy atom. The average Bonchev–Trinajstić information content (AvgIpc) is 3.23. The second-order valence-electron chi connectivity index (χ2n) is 8.81. The lowest BCUT2D eigenvalue weighted by Crippen LogP contribution is -2.39. The van der Waals surface area contributed by atoms with E-state index in [0.29, 0.717) is 38.0 Å². The third kappa shape index (κ3) is 5.78. The Balaban J connectivity index is 1.59. The van der Waals surface area contributed by atoms with Crippen molar-refractivity contribution in [2.75, 3.05) is 6.61 Å². The number of ether oxygens (including phenoxy) is 2. The molecule has 0 N–H and O–H groups in total. The maximum atomic E-state index is 13.9. The topological polar surface area (TPSA) is 69.9 Å². The number of halogens is 2. The molecule has 0 spiro atoms. The molecule has 0 saturated heterocycles. The first-order chi connectivity index (χ1) is 18.9. The molecule has 4 aromatic rings. The maximum Gasteiger partial charge on any atom is 0.338 e. The lowest BCUT2D eigenvalue weighted by Gasteiger charge is -2.24. The Morgan fingerprint density at radius 2 is 1.82 bits per heavy atom. The van der Waals surface area contributed by atoms with E-state index in [9.17, 15) is 9.59 Å². The van der Waals surface area contributed by atoms with Crippen molar-refractivity contribution in [3.05, 3.63) is 130 Å². The summed E-state index contributed by atoms with van der Waals surface area (Å²) in [6.45, 7) is 4.11. The number of benzene rings is 3. The zero-order chi connectivity index (χ0) is 27.5. The fourth-order valence-electron chi connectivity index (χ4n) is 4.37. The molecule has 198 valence electrons. The number of hydrogen-bond donors (Lipinski definition) is 0. The first kappa shape index (κ1) is 27.1. The summed E-state index contributed by atoms with van der Waals surface area (Å²) in [5.41, 5.74) is 3.16. The number of rotatable bonds is 7. The first-order valence-corrected chi connectivity index (χ1v) is 14.3. The predicted molar refractivity (Wildman–Crippen MR) is 157 cm³/mol. The monoisotopic (exact) mass is 622 g/mol. The van der Waals surface area contributed by atoms with E-state index in [-0.39, 0.29) is 12.2 Å². The minimum atomic E-state index is -0.660. The molecular formula is C30H24BrClN2O4S. The summed E-state index contributed by atoms with van der Waals surface area (Å²) in [4.78, 5) is 32.1. The smallest absolute Gasteiger partial charge is 0.338 e. The van der Waals surface area contributed by atoms with Gasteiger partial charge in [-0.3, -0.25) is 9.36 Å². The number of allylic oxidation sites excluding steroid dienone is 1. The molecule has 0 aliphatic carbocycles. The van der Waals surface area contributed by atoms with Gasteiger partial charge in [-0.15, -0.1) is 0 Å². The van der Waals surface area contributed by atoms with Crippen LogP contribution >= 0.6 is 38.9 Å². The van der Waals surface area contributed by atoms with Crippen LogP contribution in [0.4, 0.5) is 0 Å². The Morgan fingerprint density at radius 1 is 1.10 bits per heavy atom. The largest absolute Gasteiger partial charge is 0.488 e. The van der Waals surface area contributed by atoms with Gasteiger partial charge < -0.3 is 9.47 Å². The Kier molecular flexibility index (Phi) is 8.16.